The molecule has 0 aromatic heterocycles. The fourth-order valence-corrected chi connectivity index (χ4v) is 7.58. The van der Waals surface area contributed by atoms with Gasteiger partial charge in [-0.05, 0) is 31.0 Å². The number of carbonyl (C=O) groups is 2. The Morgan fingerprint density at radius 2 is 2.03 bits per heavy atom. The first-order valence-corrected chi connectivity index (χ1v) is 11.4. The highest BCUT2D eigenvalue weighted by atomic mass is 16.6. The third-order valence-corrected chi connectivity index (χ3v) is 8.55. The molecule has 0 amide bonds. The number of methoxy groups -OCH3 is 2. The number of hydrogen-bond acceptors (Lipinski definition) is 7. The van der Waals surface area contributed by atoms with E-state index >= 15 is 0 Å². The molecule has 2 fully saturated rings. The summed E-state index contributed by atoms with van der Waals surface area (Å²) in [5.74, 6) is -0.508. The second kappa shape index (κ2) is 7.24. The zero-order valence-electron chi connectivity index (χ0n) is 19.5. The van der Waals surface area contributed by atoms with Crippen LogP contribution in [0.25, 0.3) is 0 Å². The minimum Gasteiger partial charge on any atom is -0.497 e. The van der Waals surface area contributed by atoms with Crippen LogP contribution in [-0.2, 0) is 24.5 Å². The van der Waals surface area contributed by atoms with Gasteiger partial charge in [-0.3, -0.25) is 14.5 Å². The van der Waals surface area contributed by atoms with E-state index in [2.05, 4.69) is 41.0 Å². The Bertz CT molecular complexity index is 993. The van der Waals surface area contributed by atoms with Crippen LogP contribution >= 0.6 is 0 Å². The van der Waals surface area contributed by atoms with Crippen molar-refractivity contribution in [3.63, 3.8) is 0 Å². The first-order chi connectivity index (χ1) is 15.4. The monoisotopic (exact) mass is 440 g/mol. The van der Waals surface area contributed by atoms with Crippen molar-refractivity contribution in [3.05, 3.63) is 35.9 Å². The Hall–Kier alpha value is -2.54. The summed E-state index contributed by atoms with van der Waals surface area (Å²) < 4.78 is 16.9. The predicted molar refractivity (Wildman–Crippen MR) is 120 cm³/mol. The van der Waals surface area contributed by atoms with Crippen molar-refractivity contribution in [1.82, 2.24) is 4.90 Å². The second-order valence-electron chi connectivity index (χ2n) is 9.57. The van der Waals surface area contributed by atoms with Crippen molar-refractivity contribution < 1.29 is 23.8 Å². The van der Waals surface area contributed by atoms with Crippen molar-refractivity contribution in [2.24, 2.45) is 11.3 Å². The van der Waals surface area contributed by atoms with Gasteiger partial charge in [0.05, 0.1) is 20.3 Å². The Kier molecular flexibility index (Phi) is 4.82. The van der Waals surface area contributed by atoms with Crippen LogP contribution in [0.15, 0.2) is 30.4 Å². The van der Waals surface area contributed by atoms with Gasteiger partial charge >= 0.3 is 11.9 Å². The third-order valence-electron chi connectivity index (χ3n) is 8.55. The zero-order valence-corrected chi connectivity index (χ0v) is 19.5. The van der Waals surface area contributed by atoms with Gasteiger partial charge in [-0.25, -0.2) is 0 Å². The molecule has 1 saturated heterocycles. The molecule has 172 valence electrons. The van der Waals surface area contributed by atoms with Crippen LogP contribution in [0.1, 0.15) is 32.3 Å². The molecule has 7 heteroatoms. The number of esters is 2. The lowest BCUT2D eigenvalue weighted by atomic mass is 9.49. The minimum absolute atomic E-state index is 0.123. The molecule has 7 nitrogen and oxygen atoms in total. The lowest BCUT2D eigenvalue weighted by Gasteiger charge is -2.61. The van der Waals surface area contributed by atoms with E-state index in [1.807, 2.05) is 13.1 Å². The second-order valence-corrected chi connectivity index (χ2v) is 9.57. The fourth-order valence-electron chi connectivity index (χ4n) is 7.58. The predicted octanol–water partition coefficient (Wildman–Crippen LogP) is 2.53. The van der Waals surface area contributed by atoms with Crippen LogP contribution in [0, 0.1) is 11.3 Å². The number of benzene rings is 1. The number of carbonyl (C=O) groups excluding carboxylic acids is 2. The van der Waals surface area contributed by atoms with Crippen LogP contribution in [0.2, 0.25) is 0 Å². The van der Waals surface area contributed by atoms with E-state index in [1.165, 1.54) is 19.6 Å². The summed E-state index contributed by atoms with van der Waals surface area (Å²) in [4.78, 5) is 30.5. The third kappa shape index (κ3) is 2.46. The SMILES string of the molecule is CC[C@]12C=CCN3CC[C@@]4(c5ccc(OC)cc5N(C)C4[C@@H](C(=O)OC)C1OC(C)=O)C32. The number of likely N-dealkylation sites (N-methyl/N-ethyl adjacent to an activating group) is 1. The van der Waals surface area contributed by atoms with E-state index < -0.39 is 17.4 Å². The van der Waals surface area contributed by atoms with Gasteiger partial charge in [-0.15, -0.1) is 0 Å². The summed E-state index contributed by atoms with van der Waals surface area (Å²) in [6, 6.07) is 6.20. The number of fused-ring (bicyclic) bond motifs is 1. The van der Waals surface area contributed by atoms with E-state index in [4.69, 9.17) is 14.2 Å². The van der Waals surface area contributed by atoms with Gasteiger partial charge in [-0.1, -0.05) is 25.1 Å². The van der Waals surface area contributed by atoms with E-state index in [9.17, 15) is 9.59 Å². The van der Waals surface area contributed by atoms with Crippen molar-refractivity contribution in [2.75, 3.05) is 39.3 Å². The summed E-state index contributed by atoms with van der Waals surface area (Å²) in [5.41, 5.74) is 1.58. The molecule has 5 rings (SSSR count). The van der Waals surface area contributed by atoms with Crippen LogP contribution in [0.4, 0.5) is 5.69 Å². The summed E-state index contributed by atoms with van der Waals surface area (Å²) in [7, 11) is 5.13. The zero-order chi connectivity index (χ0) is 22.8. The molecular weight excluding hydrogens is 408 g/mol. The highest BCUT2D eigenvalue weighted by Crippen LogP contribution is 2.66. The van der Waals surface area contributed by atoms with Gasteiger partial charge in [0.1, 0.15) is 17.8 Å². The average Bonchev–Trinajstić information content (AvgIpc) is 3.30. The summed E-state index contributed by atoms with van der Waals surface area (Å²) in [6.07, 6.45) is 5.51. The van der Waals surface area contributed by atoms with Gasteiger partial charge < -0.3 is 19.1 Å². The topological polar surface area (TPSA) is 68.3 Å². The Morgan fingerprint density at radius 1 is 1.25 bits per heavy atom. The van der Waals surface area contributed by atoms with E-state index in [-0.39, 0.29) is 29.4 Å². The molecule has 4 aliphatic rings. The Morgan fingerprint density at radius 3 is 2.69 bits per heavy atom. The molecule has 1 aliphatic carbocycles. The molecule has 6 atom stereocenters. The summed E-state index contributed by atoms with van der Waals surface area (Å²) in [5, 5.41) is 0. The van der Waals surface area contributed by atoms with Crippen molar-refractivity contribution in [1.29, 1.82) is 0 Å². The smallest absolute Gasteiger partial charge is 0.314 e. The normalized spacial score (nSPS) is 36.8. The Labute approximate surface area is 189 Å². The molecule has 1 saturated carbocycles. The number of anilines is 1. The largest absolute Gasteiger partial charge is 0.497 e. The summed E-state index contributed by atoms with van der Waals surface area (Å²) in [6.45, 7) is 5.37. The number of nitrogens with zero attached hydrogens (tertiary/aromatic N) is 2. The first kappa shape index (κ1) is 21.3. The fraction of sp³-hybridized carbons (Fsp3) is 0.600. The molecule has 32 heavy (non-hydrogen) atoms. The first-order valence-electron chi connectivity index (χ1n) is 11.4. The molecule has 1 spiro atoms. The van der Waals surface area contributed by atoms with Crippen LogP contribution < -0.4 is 9.64 Å². The van der Waals surface area contributed by atoms with E-state index in [0.717, 1.165) is 37.4 Å². The Balaban J connectivity index is 1.81. The molecule has 0 radical (unpaired) electrons. The van der Waals surface area contributed by atoms with Gasteiger partial charge in [0.2, 0.25) is 0 Å². The molecule has 0 N–H and O–H groups in total. The standard InChI is InChI=1S/C25H32N2O5/c1-6-24-10-7-12-27-13-11-25(23(24)27)17-9-8-16(30-4)14-18(17)26(3)20(25)19(22(29)31-5)21(24)32-15(2)28/h7-10,14,19-21,23H,6,11-13H2,1-5H3/t19-,20?,21?,23?,24+,25+/m1/s1. The van der Waals surface area contributed by atoms with Crippen molar-refractivity contribution >= 4 is 17.6 Å². The molecule has 3 heterocycles. The van der Waals surface area contributed by atoms with Crippen LogP contribution in [0.5, 0.6) is 5.75 Å². The average molecular weight is 441 g/mol. The molecule has 1 aromatic rings. The minimum atomic E-state index is -0.605. The maximum atomic E-state index is 13.4. The van der Waals surface area contributed by atoms with Gasteiger partial charge in [0.25, 0.3) is 0 Å². The molecule has 0 bridgehead atoms. The molecule has 3 unspecified atom stereocenters. The van der Waals surface area contributed by atoms with Gasteiger partial charge in [-0.2, -0.15) is 0 Å². The number of hydrogen-bond donors (Lipinski definition) is 0. The van der Waals surface area contributed by atoms with E-state index in [1.54, 1.807) is 7.11 Å². The highest BCUT2D eigenvalue weighted by molar-refractivity contribution is 5.80. The quantitative estimate of drug-likeness (QED) is 0.526. The highest BCUT2D eigenvalue weighted by Gasteiger charge is 2.74. The van der Waals surface area contributed by atoms with E-state index in [0.29, 0.717) is 0 Å². The van der Waals surface area contributed by atoms with Crippen molar-refractivity contribution in [3.8, 4) is 5.75 Å². The summed E-state index contributed by atoms with van der Waals surface area (Å²) >= 11 is 0. The van der Waals surface area contributed by atoms with Crippen LogP contribution in [-0.4, -0.2) is 69.4 Å². The lowest BCUT2D eigenvalue weighted by molar-refractivity contribution is -0.183. The maximum absolute atomic E-state index is 13.4. The lowest BCUT2D eigenvalue weighted by Crippen LogP contribution is -2.73. The number of rotatable bonds is 4. The van der Waals surface area contributed by atoms with Crippen molar-refractivity contribution in [2.45, 2.75) is 50.3 Å². The molecule has 3 aliphatic heterocycles. The maximum Gasteiger partial charge on any atom is 0.314 e. The van der Waals surface area contributed by atoms with Gasteiger partial charge in [0, 0.05) is 49.1 Å². The molecule has 1 aromatic carbocycles. The van der Waals surface area contributed by atoms with Crippen LogP contribution in [0.3, 0.4) is 0 Å². The molecular formula is C25H32N2O5. The number of ether oxygens (including phenoxy) is 3. The van der Waals surface area contributed by atoms with Gasteiger partial charge in [0.15, 0.2) is 0 Å².